The van der Waals surface area contributed by atoms with Crippen LogP contribution in [0.2, 0.25) is 0 Å². The van der Waals surface area contributed by atoms with Gasteiger partial charge in [-0.3, -0.25) is 9.59 Å². The predicted molar refractivity (Wildman–Crippen MR) is 76.6 cm³/mol. The molecule has 20 heavy (non-hydrogen) atoms. The molecule has 5 N–H and O–H groups in total. The average molecular weight is 275 g/mol. The molecule has 2 atom stereocenters. The second kappa shape index (κ2) is 5.85. The van der Waals surface area contributed by atoms with Gasteiger partial charge in [-0.05, 0) is 13.0 Å². The first-order chi connectivity index (χ1) is 9.49. The number of aliphatic hydroxyl groups excluding tert-OH is 1. The predicted octanol–water partition coefficient (Wildman–Crippen LogP) is -0.0340. The number of aromatic nitrogens is 1. The molecule has 2 rings (SSSR count). The summed E-state index contributed by atoms with van der Waals surface area (Å²) in [5, 5.41) is 12.6. The second-order valence-electron chi connectivity index (χ2n) is 4.71. The Balaban J connectivity index is 2.28. The Morgan fingerprint density at radius 1 is 1.45 bits per heavy atom. The quantitative estimate of drug-likeness (QED) is 0.628. The number of carbonyl (C=O) groups excluding carboxylic acids is 1. The zero-order valence-electron chi connectivity index (χ0n) is 11.1. The highest BCUT2D eigenvalue weighted by atomic mass is 16.3. The number of aliphatic hydroxyl groups is 1. The standard InChI is InChI=1S/C14H17N3O3/c1-8(18)11(15)7-16-14(20)10-6-13(19)17-12-5-3-2-4-9(10)12/h2-6,8,11,18H,7,15H2,1H3,(H,16,20)(H,17,19). The van der Waals surface area contributed by atoms with Crippen LogP contribution in [0, 0.1) is 0 Å². The molecule has 0 bridgehead atoms. The number of rotatable bonds is 4. The summed E-state index contributed by atoms with van der Waals surface area (Å²) >= 11 is 0. The number of nitrogens with two attached hydrogens (primary N) is 1. The molecule has 6 heteroatoms. The third kappa shape index (κ3) is 3.04. The van der Waals surface area contributed by atoms with Crippen LogP contribution in [0.4, 0.5) is 0 Å². The lowest BCUT2D eigenvalue weighted by Crippen LogP contribution is -2.43. The normalized spacial score (nSPS) is 13.9. The van der Waals surface area contributed by atoms with E-state index in [4.69, 9.17) is 5.73 Å². The molecule has 6 nitrogen and oxygen atoms in total. The van der Waals surface area contributed by atoms with Crippen LogP contribution in [0.5, 0.6) is 0 Å². The molecule has 0 spiro atoms. The Hall–Kier alpha value is -2.18. The third-order valence-corrected chi connectivity index (χ3v) is 3.11. The fourth-order valence-corrected chi connectivity index (χ4v) is 1.87. The number of carbonyl (C=O) groups is 1. The number of para-hydroxylation sites is 1. The third-order valence-electron chi connectivity index (χ3n) is 3.11. The number of aromatic amines is 1. The lowest BCUT2D eigenvalue weighted by molar-refractivity contribution is 0.0939. The van der Waals surface area contributed by atoms with Crippen LogP contribution < -0.4 is 16.6 Å². The highest BCUT2D eigenvalue weighted by molar-refractivity contribution is 6.05. The summed E-state index contributed by atoms with van der Waals surface area (Å²) in [4.78, 5) is 26.4. The molecular weight excluding hydrogens is 258 g/mol. The second-order valence-corrected chi connectivity index (χ2v) is 4.71. The summed E-state index contributed by atoms with van der Waals surface area (Å²) in [6.07, 6.45) is -0.716. The van der Waals surface area contributed by atoms with Gasteiger partial charge in [-0.25, -0.2) is 0 Å². The zero-order chi connectivity index (χ0) is 14.7. The van der Waals surface area contributed by atoms with Gasteiger partial charge in [0.25, 0.3) is 5.91 Å². The zero-order valence-corrected chi connectivity index (χ0v) is 11.1. The lowest BCUT2D eigenvalue weighted by Gasteiger charge is -2.15. The molecule has 1 aromatic heterocycles. The van der Waals surface area contributed by atoms with Gasteiger partial charge in [0, 0.05) is 29.6 Å². The Labute approximate surface area is 115 Å². The average Bonchev–Trinajstić information content (AvgIpc) is 2.43. The van der Waals surface area contributed by atoms with E-state index in [1.165, 1.54) is 6.07 Å². The number of nitrogens with one attached hydrogen (secondary N) is 2. The van der Waals surface area contributed by atoms with E-state index in [1.807, 2.05) is 0 Å². The van der Waals surface area contributed by atoms with E-state index in [2.05, 4.69) is 10.3 Å². The van der Waals surface area contributed by atoms with Crippen molar-refractivity contribution in [3.63, 3.8) is 0 Å². The van der Waals surface area contributed by atoms with Gasteiger partial charge in [0.05, 0.1) is 11.7 Å². The topological polar surface area (TPSA) is 108 Å². The molecule has 0 aliphatic carbocycles. The van der Waals surface area contributed by atoms with E-state index in [0.29, 0.717) is 16.5 Å². The van der Waals surface area contributed by atoms with Crippen molar-refractivity contribution in [2.24, 2.45) is 5.73 Å². The van der Waals surface area contributed by atoms with Gasteiger partial charge in [-0.2, -0.15) is 0 Å². The van der Waals surface area contributed by atoms with Crippen molar-refractivity contribution in [2.75, 3.05) is 6.54 Å². The monoisotopic (exact) mass is 275 g/mol. The Morgan fingerprint density at radius 2 is 2.15 bits per heavy atom. The SMILES string of the molecule is CC(O)C(N)CNC(=O)c1cc(=O)[nH]c2ccccc12. The van der Waals surface area contributed by atoms with E-state index < -0.39 is 12.1 Å². The van der Waals surface area contributed by atoms with Gasteiger partial charge in [0.15, 0.2) is 0 Å². The number of amides is 1. The van der Waals surface area contributed by atoms with Crippen molar-refractivity contribution < 1.29 is 9.90 Å². The molecule has 1 amide bonds. The van der Waals surface area contributed by atoms with Crippen LogP contribution in [0.3, 0.4) is 0 Å². The molecule has 0 saturated heterocycles. The lowest BCUT2D eigenvalue weighted by atomic mass is 10.1. The summed E-state index contributed by atoms with van der Waals surface area (Å²) in [5.41, 5.74) is 6.21. The molecule has 0 fully saturated rings. The van der Waals surface area contributed by atoms with Crippen molar-refractivity contribution in [2.45, 2.75) is 19.1 Å². The fourth-order valence-electron chi connectivity index (χ4n) is 1.87. The maximum atomic E-state index is 12.1. The van der Waals surface area contributed by atoms with Gasteiger partial charge in [0.1, 0.15) is 0 Å². The maximum absolute atomic E-state index is 12.1. The van der Waals surface area contributed by atoms with Crippen molar-refractivity contribution in [3.05, 3.63) is 46.2 Å². The van der Waals surface area contributed by atoms with Crippen molar-refractivity contribution in [3.8, 4) is 0 Å². The largest absolute Gasteiger partial charge is 0.392 e. The first kappa shape index (κ1) is 14.2. The highest BCUT2D eigenvalue weighted by Gasteiger charge is 2.14. The van der Waals surface area contributed by atoms with Crippen molar-refractivity contribution >= 4 is 16.8 Å². The first-order valence-corrected chi connectivity index (χ1v) is 6.33. The molecule has 2 aromatic rings. The van der Waals surface area contributed by atoms with Gasteiger partial charge in [-0.15, -0.1) is 0 Å². The van der Waals surface area contributed by atoms with E-state index in [0.717, 1.165) is 0 Å². The maximum Gasteiger partial charge on any atom is 0.252 e. The molecule has 1 heterocycles. The van der Waals surface area contributed by atoms with Crippen LogP contribution in [-0.4, -0.2) is 34.7 Å². The summed E-state index contributed by atoms with van der Waals surface area (Å²) in [5.74, 6) is -0.386. The van der Waals surface area contributed by atoms with E-state index in [-0.39, 0.29) is 18.0 Å². The van der Waals surface area contributed by atoms with E-state index >= 15 is 0 Å². The number of benzene rings is 1. The molecule has 106 valence electrons. The molecule has 0 aliphatic heterocycles. The summed E-state index contributed by atoms with van der Waals surface area (Å²) in [6, 6.07) is 7.77. The molecule has 0 aliphatic rings. The summed E-state index contributed by atoms with van der Waals surface area (Å²) in [6.45, 7) is 1.69. The first-order valence-electron chi connectivity index (χ1n) is 6.33. The Kier molecular flexibility index (Phi) is 4.16. The van der Waals surface area contributed by atoms with Crippen LogP contribution in [0.1, 0.15) is 17.3 Å². The van der Waals surface area contributed by atoms with Crippen LogP contribution in [0.25, 0.3) is 10.9 Å². The van der Waals surface area contributed by atoms with Crippen molar-refractivity contribution in [1.82, 2.24) is 10.3 Å². The molecule has 2 unspecified atom stereocenters. The van der Waals surface area contributed by atoms with Gasteiger partial charge < -0.3 is 21.1 Å². The number of pyridine rings is 1. The number of hydrogen-bond acceptors (Lipinski definition) is 4. The molecular formula is C14H17N3O3. The Bertz CT molecular complexity index is 679. The summed E-state index contributed by atoms with van der Waals surface area (Å²) < 4.78 is 0. The molecule has 0 saturated carbocycles. The van der Waals surface area contributed by atoms with E-state index in [9.17, 15) is 14.7 Å². The smallest absolute Gasteiger partial charge is 0.252 e. The minimum absolute atomic E-state index is 0.137. The minimum atomic E-state index is -0.716. The Morgan fingerprint density at radius 3 is 2.85 bits per heavy atom. The fraction of sp³-hybridized carbons (Fsp3) is 0.286. The van der Waals surface area contributed by atoms with Crippen LogP contribution >= 0.6 is 0 Å². The number of hydrogen-bond donors (Lipinski definition) is 4. The highest BCUT2D eigenvalue weighted by Crippen LogP contribution is 2.14. The van der Waals surface area contributed by atoms with Gasteiger partial charge in [-0.1, -0.05) is 18.2 Å². The van der Waals surface area contributed by atoms with Crippen molar-refractivity contribution in [1.29, 1.82) is 0 Å². The molecule has 0 radical (unpaired) electrons. The molecule has 1 aromatic carbocycles. The van der Waals surface area contributed by atoms with E-state index in [1.54, 1.807) is 31.2 Å². The number of H-pyrrole nitrogens is 1. The number of fused-ring (bicyclic) bond motifs is 1. The van der Waals surface area contributed by atoms with Gasteiger partial charge >= 0.3 is 0 Å². The van der Waals surface area contributed by atoms with Gasteiger partial charge in [0.2, 0.25) is 5.56 Å². The minimum Gasteiger partial charge on any atom is -0.392 e. The van der Waals surface area contributed by atoms with Crippen LogP contribution in [0.15, 0.2) is 35.1 Å². The summed E-state index contributed by atoms with van der Waals surface area (Å²) in [7, 11) is 0. The van der Waals surface area contributed by atoms with Crippen LogP contribution in [-0.2, 0) is 0 Å².